The number of amides is 1. The first-order chi connectivity index (χ1) is 13.9. The van der Waals surface area contributed by atoms with Crippen molar-refractivity contribution in [3.05, 3.63) is 59.3 Å². The lowest BCUT2D eigenvalue weighted by molar-refractivity contribution is 0.0649. The van der Waals surface area contributed by atoms with Gasteiger partial charge in [0.2, 0.25) is 0 Å². The molecule has 2 aliphatic heterocycles. The van der Waals surface area contributed by atoms with Crippen molar-refractivity contribution < 1.29 is 13.6 Å². The van der Waals surface area contributed by atoms with Gasteiger partial charge in [0.15, 0.2) is 5.76 Å². The van der Waals surface area contributed by atoms with E-state index in [1.807, 2.05) is 42.1 Å². The van der Waals surface area contributed by atoms with Gasteiger partial charge in [-0.15, -0.1) is 0 Å². The Morgan fingerprint density at radius 3 is 2.66 bits per heavy atom. The van der Waals surface area contributed by atoms with Crippen LogP contribution in [-0.4, -0.2) is 60.9 Å². The molecule has 1 spiro atoms. The Bertz CT molecular complexity index is 848. The van der Waals surface area contributed by atoms with Crippen molar-refractivity contribution in [2.24, 2.45) is 5.41 Å². The SMILES string of the molecule is CN(C)Cc1ccc(C(=O)N2CC[C@@]3(CCCN(Cc4ccc(F)cc4)C3)C2)o1. The predicted octanol–water partition coefficient (Wildman–Crippen LogP) is 3.61. The zero-order chi connectivity index (χ0) is 20.4. The van der Waals surface area contributed by atoms with Crippen molar-refractivity contribution >= 4 is 5.91 Å². The maximum absolute atomic E-state index is 13.2. The number of benzene rings is 1. The van der Waals surface area contributed by atoms with Gasteiger partial charge in [-0.2, -0.15) is 0 Å². The van der Waals surface area contributed by atoms with Gasteiger partial charge in [-0.25, -0.2) is 4.39 Å². The summed E-state index contributed by atoms with van der Waals surface area (Å²) in [7, 11) is 3.96. The Labute approximate surface area is 172 Å². The van der Waals surface area contributed by atoms with Crippen molar-refractivity contribution in [1.29, 1.82) is 0 Å². The maximum Gasteiger partial charge on any atom is 0.289 e. The molecule has 29 heavy (non-hydrogen) atoms. The number of likely N-dealkylation sites (tertiary alicyclic amines) is 2. The molecular weight excluding hydrogens is 369 g/mol. The summed E-state index contributed by atoms with van der Waals surface area (Å²) >= 11 is 0. The van der Waals surface area contributed by atoms with Crippen LogP contribution in [0.4, 0.5) is 4.39 Å². The van der Waals surface area contributed by atoms with E-state index in [-0.39, 0.29) is 17.1 Å². The number of rotatable bonds is 5. The molecule has 1 atom stereocenters. The summed E-state index contributed by atoms with van der Waals surface area (Å²) in [6, 6.07) is 10.5. The molecule has 2 aromatic rings. The molecule has 2 saturated heterocycles. The Morgan fingerprint density at radius 1 is 1.10 bits per heavy atom. The standard InChI is InChI=1S/C23H30FN3O2/c1-25(2)15-20-8-9-21(29-20)22(28)27-13-11-23(17-27)10-3-12-26(16-23)14-18-4-6-19(24)7-5-18/h4-9H,3,10-17H2,1-2H3/t23-/m1/s1. The van der Waals surface area contributed by atoms with Crippen LogP contribution in [0.15, 0.2) is 40.8 Å². The molecule has 156 valence electrons. The summed E-state index contributed by atoms with van der Waals surface area (Å²) in [5.74, 6) is 1.07. The van der Waals surface area contributed by atoms with Crippen LogP contribution in [0.25, 0.3) is 0 Å². The second-order valence-corrected chi connectivity index (χ2v) is 8.92. The summed E-state index contributed by atoms with van der Waals surface area (Å²) in [6.45, 7) is 5.14. The lowest BCUT2D eigenvalue weighted by atomic mass is 9.79. The molecule has 1 aromatic carbocycles. The predicted molar refractivity (Wildman–Crippen MR) is 110 cm³/mol. The monoisotopic (exact) mass is 399 g/mol. The van der Waals surface area contributed by atoms with E-state index in [1.54, 1.807) is 6.07 Å². The van der Waals surface area contributed by atoms with Gasteiger partial charge in [0.05, 0.1) is 6.54 Å². The molecule has 0 N–H and O–H groups in total. The lowest BCUT2D eigenvalue weighted by Crippen LogP contribution is -2.45. The molecule has 1 amide bonds. The first kappa shape index (κ1) is 20.1. The molecule has 0 saturated carbocycles. The third-order valence-corrected chi connectivity index (χ3v) is 6.13. The van der Waals surface area contributed by atoms with Gasteiger partial charge in [0.25, 0.3) is 5.91 Å². The highest BCUT2D eigenvalue weighted by Gasteiger charge is 2.43. The highest BCUT2D eigenvalue weighted by atomic mass is 19.1. The van der Waals surface area contributed by atoms with Crippen LogP contribution in [0, 0.1) is 11.2 Å². The van der Waals surface area contributed by atoms with Gasteiger partial charge in [0.1, 0.15) is 11.6 Å². The van der Waals surface area contributed by atoms with E-state index in [0.717, 1.165) is 63.3 Å². The first-order valence-corrected chi connectivity index (χ1v) is 10.4. The second kappa shape index (κ2) is 8.28. The van der Waals surface area contributed by atoms with Crippen LogP contribution in [0.2, 0.25) is 0 Å². The van der Waals surface area contributed by atoms with Crippen LogP contribution in [0.1, 0.15) is 41.1 Å². The molecule has 0 unspecified atom stereocenters. The Balaban J connectivity index is 1.38. The molecule has 3 heterocycles. The van der Waals surface area contributed by atoms with Gasteiger partial charge in [-0.05, 0) is 69.7 Å². The number of furan rings is 1. The van der Waals surface area contributed by atoms with Crippen LogP contribution in [0.3, 0.4) is 0 Å². The number of carbonyl (C=O) groups excluding carboxylic acids is 1. The van der Waals surface area contributed by atoms with E-state index in [2.05, 4.69) is 4.90 Å². The number of hydrogen-bond acceptors (Lipinski definition) is 4. The summed E-state index contributed by atoms with van der Waals surface area (Å²) in [4.78, 5) is 19.4. The zero-order valence-electron chi connectivity index (χ0n) is 17.4. The third kappa shape index (κ3) is 4.70. The molecule has 0 bridgehead atoms. The van der Waals surface area contributed by atoms with Crippen LogP contribution >= 0.6 is 0 Å². The van der Waals surface area contributed by atoms with E-state index in [4.69, 9.17) is 4.42 Å². The lowest BCUT2D eigenvalue weighted by Gasteiger charge is -2.40. The van der Waals surface area contributed by atoms with Gasteiger partial charge in [0, 0.05) is 31.6 Å². The summed E-state index contributed by atoms with van der Waals surface area (Å²) in [5.41, 5.74) is 1.30. The van der Waals surface area contributed by atoms with E-state index in [0.29, 0.717) is 12.3 Å². The highest BCUT2D eigenvalue weighted by Crippen LogP contribution is 2.40. The fraction of sp³-hybridized carbons (Fsp3) is 0.522. The quantitative estimate of drug-likeness (QED) is 0.770. The summed E-state index contributed by atoms with van der Waals surface area (Å²) in [5, 5.41) is 0. The number of hydrogen-bond donors (Lipinski definition) is 0. The van der Waals surface area contributed by atoms with Gasteiger partial charge < -0.3 is 14.2 Å². The van der Waals surface area contributed by atoms with Crippen molar-refractivity contribution in [2.75, 3.05) is 40.3 Å². The molecule has 1 aromatic heterocycles. The van der Waals surface area contributed by atoms with Crippen molar-refractivity contribution in [3.63, 3.8) is 0 Å². The van der Waals surface area contributed by atoms with E-state index >= 15 is 0 Å². The minimum absolute atomic E-state index is 0.00235. The van der Waals surface area contributed by atoms with Crippen molar-refractivity contribution in [3.8, 4) is 0 Å². The Morgan fingerprint density at radius 2 is 1.90 bits per heavy atom. The van der Waals surface area contributed by atoms with E-state index in [1.165, 1.54) is 12.1 Å². The first-order valence-electron chi connectivity index (χ1n) is 10.4. The minimum Gasteiger partial charge on any atom is -0.455 e. The zero-order valence-corrected chi connectivity index (χ0v) is 17.4. The van der Waals surface area contributed by atoms with Crippen LogP contribution < -0.4 is 0 Å². The Kier molecular flexibility index (Phi) is 5.74. The van der Waals surface area contributed by atoms with Gasteiger partial charge >= 0.3 is 0 Å². The minimum atomic E-state index is -0.194. The van der Waals surface area contributed by atoms with E-state index < -0.39 is 0 Å². The molecule has 0 radical (unpaired) electrons. The smallest absolute Gasteiger partial charge is 0.289 e. The average Bonchev–Trinajstić information content (AvgIpc) is 3.30. The molecule has 2 fully saturated rings. The van der Waals surface area contributed by atoms with Crippen LogP contribution in [-0.2, 0) is 13.1 Å². The maximum atomic E-state index is 13.2. The fourth-order valence-electron chi connectivity index (χ4n) is 4.78. The number of nitrogens with zero attached hydrogens (tertiary/aromatic N) is 3. The third-order valence-electron chi connectivity index (χ3n) is 6.13. The number of piperidine rings is 1. The fourth-order valence-corrected chi connectivity index (χ4v) is 4.78. The second-order valence-electron chi connectivity index (χ2n) is 8.92. The van der Waals surface area contributed by atoms with Gasteiger partial charge in [-0.1, -0.05) is 12.1 Å². The topological polar surface area (TPSA) is 39.9 Å². The molecule has 4 rings (SSSR count). The Hall–Kier alpha value is -2.18. The van der Waals surface area contributed by atoms with Crippen LogP contribution in [0.5, 0.6) is 0 Å². The van der Waals surface area contributed by atoms with E-state index in [9.17, 15) is 9.18 Å². The van der Waals surface area contributed by atoms with Gasteiger partial charge in [-0.3, -0.25) is 9.69 Å². The summed E-state index contributed by atoms with van der Waals surface area (Å²) in [6.07, 6.45) is 3.32. The molecular formula is C23H30FN3O2. The molecule has 0 aliphatic carbocycles. The normalized spacial score (nSPS) is 22.7. The molecule has 6 heteroatoms. The molecule has 2 aliphatic rings. The number of halogens is 1. The molecule has 5 nitrogen and oxygen atoms in total. The highest BCUT2D eigenvalue weighted by molar-refractivity contribution is 5.91. The van der Waals surface area contributed by atoms with Crippen molar-refractivity contribution in [1.82, 2.24) is 14.7 Å². The number of carbonyl (C=O) groups is 1. The largest absolute Gasteiger partial charge is 0.455 e. The average molecular weight is 400 g/mol. The summed E-state index contributed by atoms with van der Waals surface area (Å²) < 4.78 is 18.9. The van der Waals surface area contributed by atoms with Crippen molar-refractivity contribution in [2.45, 2.75) is 32.4 Å².